The van der Waals surface area contributed by atoms with Crippen LogP contribution in [0.2, 0.25) is 0 Å². The van der Waals surface area contributed by atoms with Crippen LogP contribution in [-0.4, -0.2) is 79.7 Å². The van der Waals surface area contributed by atoms with E-state index in [1.165, 1.54) is 30.2 Å². The Morgan fingerprint density at radius 2 is 1.91 bits per heavy atom. The van der Waals surface area contributed by atoms with Gasteiger partial charge in [-0.05, 0) is 25.1 Å². The number of amides is 3. The number of halogens is 3. The van der Waals surface area contributed by atoms with Crippen LogP contribution in [0.5, 0.6) is 5.75 Å². The molecule has 1 aliphatic heterocycles. The Hall–Kier alpha value is -2.82. The van der Waals surface area contributed by atoms with Crippen LogP contribution < -0.4 is 10.1 Å². The first-order chi connectivity index (χ1) is 15.9. The molecule has 0 saturated heterocycles. The van der Waals surface area contributed by atoms with Crippen molar-refractivity contribution in [2.75, 3.05) is 39.2 Å². The molecule has 0 fully saturated rings. The number of carbonyl (C=O) groups excluding carboxylic acids is 3. The highest BCUT2D eigenvalue weighted by Crippen LogP contribution is 2.27. The summed E-state index contributed by atoms with van der Waals surface area (Å²) in [6.07, 6.45) is -6.33. The van der Waals surface area contributed by atoms with Crippen molar-refractivity contribution in [3.05, 3.63) is 23.8 Å². The van der Waals surface area contributed by atoms with Crippen LogP contribution in [0.15, 0.2) is 18.2 Å². The number of ether oxygens (including phenoxy) is 2. The van der Waals surface area contributed by atoms with Crippen LogP contribution in [0.1, 0.15) is 44.0 Å². The fraction of sp³-hybridized carbons (Fsp3) is 0.609. The number of hydrogen-bond donors (Lipinski definition) is 1. The highest BCUT2D eigenvalue weighted by atomic mass is 19.4. The number of methoxy groups -OCH3 is 1. The largest absolute Gasteiger partial charge is 0.491 e. The average Bonchev–Trinajstić information content (AvgIpc) is 2.76. The first-order valence-electron chi connectivity index (χ1n) is 11.1. The number of alkyl halides is 3. The maximum Gasteiger partial charge on any atom is 0.397 e. The molecule has 2 rings (SSSR count). The molecule has 3 amide bonds. The summed E-state index contributed by atoms with van der Waals surface area (Å²) in [5.41, 5.74) is 0.119. The van der Waals surface area contributed by atoms with Gasteiger partial charge >= 0.3 is 6.18 Å². The molecule has 1 aromatic carbocycles. The van der Waals surface area contributed by atoms with Gasteiger partial charge in [-0.15, -0.1) is 0 Å². The molecule has 11 heteroatoms. The molecule has 1 aliphatic rings. The molecule has 3 atom stereocenters. The number of carbonyl (C=O) groups is 3. The highest BCUT2D eigenvalue weighted by molar-refractivity contribution is 5.99. The number of likely N-dealkylation sites (N-methyl/N-ethyl adjacent to an activating group) is 1. The fourth-order valence-corrected chi connectivity index (χ4v) is 3.79. The first-order valence-corrected chi connectivity index (χ1v) is 11.1. The zero-order valence-electron chi connectivity index (χ0n) is 20.1. The number of nitrogens with one attached hydrogen (secondary N) is 1. The predicted octanol–water partition coefficient (Wildman–Crippen LogP) is 3.32. The summed E-state index contributed by atoms with van der Waals surface area (Å²) in [5, 5.41) is 2.17. The molecule has 0 radical (unpaired) electrons. The molecule has 1 aromatic rings. The van der Waals surface area contributed by atoms with Crippen molar-refractivity contribution in [1.29, 1.82) is 0 Å². The molecule has 1 N–H and O–H groups in total. The van der Waals surface area contributed by atoms with E-state index in [1.807, 2.05) is 13.8 Å². The Morgan fingerprint density at radius 3 is 2.50 bits per heavy atom. The quantitative estimate of drug-likeness (QED) is 0.704. The Bertz CT molecular complexity index is 893. The molecular formula is C23H32F3N3O5. The SMILES string of the molecule is CCC(=O)N1C[C@H](C)[C@H](OC)CN(C)C(=O)c2cc(NC(=O)CC(F)(F)F)ccc2OC[C@@H]1C. The third kappa shape index (κ3) is 7.34. The minimum absolute atomic E-state index is 0.0396. The molecule has 1 heterocycles. The van der Waals surface area contributed by atoms with Gasteiger partial charge in [0.2, 0.25) is 11.8 Å². The summed E-state index contributed by atoms with van der Waals surface area (Å²) in [4.78, 5) is 40.7. The lowest BCUT2D eigenvalue weighted by Crippen LogP contribution is -2.48. The van der Waals surface area contributed by atoms with Gasteiger partial charge in [-0.1, -0.05) is 13.8 Å². The summed E-state index contributed by atoms with van der Waals surface area (Å²) in [5.74, 6) is -1.61. The third-order valence-corrected chi connectivity index (χ3v) is 5.71. The minimum Gasteiger partial charge on any atom is -0.491 e. The number of rotatable bonds is 4. The number of nitrogens with zero attached hydrogens (tertiary/aromatic N) is 2. The van der Waals surface area contributed by atoms with Gasteiger partial charge < -0.3 is 24.6 Å². The maximum absolute atomic E-state index is 13.2. The van der Waals surface area contributed by atoms with E-state index in [2.05, 4.69) is 5.32 Å². The number of anilines is 1. The third-order valence-electron chi connectivity index (χ3n) is 5.71. The van der Waals surface area contributed by atoms with Crippen molar-refractivity contribution in [2.45, 2.75) is 51.9 Å². The summed E-state index contributed by atoms with van der Waals surface area (Å²) < 4.78 is 49.0. The maximum atomic E-state index is 13.2. The Labute approximate surface area is 197 Å². The van der Waals surface area contributed by atoms with Gasteiger partial charge in [-0.2, -0.15) is 13.2 Å². The summed E-state index contributed by atoms with van der Waals surface area (Å²) in [6.45, 7) is 6.29. The van der Waals surface area contributed by atoms with Crippen molar-refractivity contribution < 1.29 is 37.0 Å². The Morgan fingerprint density at radius 1 is 1.24 bits per heavy atom. The van der Waals surface area contributed by atoms with Crippen molar-refractivity contribution in [3.8, 4) is 5.75 Å². The van der Waals surface area contributed by atoms with E-state index >= 15 is 0 Å². The average molecular weight is 488 g/mol. The molecule has 0 bridgehead atoms. The van der Waals surface area contributed by atoms with Crippen molar-refractivity contribution in [2.24, 2.45) is 5.92 Å². The molecular weight excluding hydrogens is 455 g/mol. The topological polar surface area (TPSA) is 88.2 Å². The molecule has 34 heavy (non-hydrogen) atoms. The minimum atomic E-state index is -4.65. The van der Waals surface area contributed by atoms with E-state index in [9.17, 15) is 27.6 Å². The summed E-state index contributed by atoms with van der Waals surface area (Å²) in [6, 6.07) is 3.77. The van der Waals surface area contributed by atoms with E-state index in [0.717, 1.165) is 0 Å². The van der Waals surface area contributed by atoms with Crippen LogP contribution >= 0.6 is 0 Å². The summed E-state index contributed by atoms with van der Waals surface area (Å²) >= 11 is 0. The fourth-order valence-electron chi connectivity index (χ4n) is 3.79. The highest BCUT2D eigenvalue weighted by Gasteiger charge is 2.32. The van der Waals surface area contributed by atoms with Gasteiger partial charge in [0.1, 0.15) is 18.8 Å². The van der Waals surface area contributed by atoms with Gasteiger partial charge in [-0.3, -0.25) is 14.4 Å². The lowest BCUT2D eigenvalue weighted by atomic mass is 10.0. The molecule has 0 spiro atoms. The normalized spacial score (nSPS) is 22.2. The number of fused-ring (bicyclic) bond motifs is 1. The lowest BCUT2D eigenvalue weighted by Gasteiger charge is -2.36. The second-order valence-electron chi connectivity index (χ2n) is 8.55. The Balaban J connectivity index is 2.41. The van der Waals surface area contributed by atoms with Crippen LogP contribution in [0.3, 0.4) is 0 Å². The van der Waals surface area contributed by atoms with Crippen LogP contribution in [0.25, 0.3) is 0 Å². The molecule has 0 aliphatic carbocycles. The molecule has 0 aromatic heterocycles. The van der Waals surface area contributed by atoms with E-state index in [1.54, 1.807) is 18.9 Å². The van der Waals surface area contributed by atoms with Gasteiger partial charge in [0.25, 0.3) is 5.91 Å². The number of hydrogen-bond acceptors (Lipinski definition) is 5. The van der Waals surface area contributed by atoms with E-state index < -0.39 is 24.4 Å². The van der Waals surface area contributed by atoms with Crippen LogP contribution in [-0.2, 0) is 14.3 Å². The van der Waals surface area contributed by atoms with E-state index in [-0.39, 0.29) is 54.1 Å². The first kappa shape index (κ1) is 27.4. The molecule has 190 valence electrons. The van der Waals surface area contributed by atoms with Crippen molar-refractivity contribution >= 4 is 23.4 Å². The predicted molar refractivity (Wildman–Crippen MR) is 120 cm³/mol. The number of benzene rings is 1. The van der Waals surface area contributed by atoms with Crippen molar-refractivity contribution in [3.63, 3.8) is 0 Å². The van der Waals surface area contributed by atoms with Gasteiger partial charge in [0, 0.05) is 45.3 Å². The molecule has 0 unspecified atom stereocenters. The van der Waals surface area contributed by atoms with E-state index in [0.29, 0.717) is 13.0 Å². The summed E-state index contributed by atoms with van der Waals surface area (Å²) in [7, 11) is 3.11. The molecule has 0 saturated carbocycles. The van der Waals surface area contributed by atoms with Crippen LogP contribution in [0.4, 0.5) is 18.9 Å². The van der Waals surface area contributed by atoms with E-state index in [4.69, 9.17) is 9.47 Å². The van der Waals surface area contributed by atoms with Gasteiger partial charge in [0.05, 0.1) is 17.7 Å². The van der Waals surface area contributed by atoms with Gasteiger partial charge in [-0.25, -0.2) is 0 Å². The van der Waals surface area contributed by atoms with Crippen LogP contribution in [0, 0.1) is 5.92 Å². The Kier molecular flexibility index (Phi) is 9.31. The van der Waals surface area contributed by atoms with Crippen molar-refractivity contribution in [1.82, 2.24) is 9.80 Å². The second-order valence-corrected chi connectivity index (χ2v) is 8.55. The monoisotopic (exact) mass is 487 g/mol. The van der Waals surface area contributed by atoms with Gasteiger partial charge in [0.15, 0.2) is 0 Å². The zero-order chi connectivity index (χ0) is 25.6. The lowest BCUT2D eigenvalue weighted by molar-refractivity contribution is -0.150. The zero-order valence-corrected chi connectivity index (χ0v) is 20.1. The second kappa shape index (κ2) is 11.5. The molecule has 8 nitrogen and oxygen atoms in total. The smallest absolute Gasteiger partial charge is 0.397 e. The standard InChI is InChI=1S/C23H32F3N3O5/c1-6-21(31)29-11-14(2)19(33-5)12-28(4)22(32)17-9-16(27-20(30)10-23(24,25)26)7-8-18(17)34-13-15(29)3/h7-9,14-15,19H,6,10-13H2,1-5H3,(H,27,30)/t14-,15-,19+/m0/s1.